The van der Waals surface area contributed by atoms with Gasteiger partial charge in [-0.05, 0) is 26.6 Å². The molecule has 0 bridgehead atoms. The zero-order valence-electron chi connectivity index (χ0n) is 9.81. The van der Waals surface area contributed by atoms with E-state index < -0.39 is 0 Å². The third-order valence-electron chi connectivity index (χ3n) is 3.19. The van der Waals surface area contributed by atoms with Crippen LogP contribution < -0.4 is 5.32 Å². The number of nitrogens with one attached hydrogen (secondary N) is 1. The Morgan fingerprint density at radius 1 is 1.36 bits per heavy atom. The molecule has 0 aliphatic carbocycles. The van der Waals surface area contributed by atoms with Gasteiger partial charge in [-0.15, -0.1) is 0 Å². The van der Waals surface area contributed by atoms with Crippen molar-refractivity contribution < 1.29 is 4.74 Å². The normalized spacial score (nSPS) is 27.4. The Labute approximate surface area is 87.8 Å². The smallest absolute Gasteiger partial charge is 0.0547 e. The second kappa shape index (κ2) is 5.69. The van der Waals surface area contributed by atoms with Gasteiger partial charge in [0.25, 0.3) is 0 Å². The van der Waals surface area contributed by atoms with Crippen LogP contribution in [0.1, 0.15) is 20.3 Å². The molecule has 84 valence electrons. The first-order valence-electron chi connectivity index (χ1n) is 5.71. The van der Waals surface area contributed by atoms with Gasteiger partial charge in [-0.3, -0.25) is 0 Å². The van der Waals surface area contributed by atoms with Gasteiger partial charge in [0.15, 0.2) is 0 Å². The zero-order valence-corrected chi connectivity index (χ0v) is 9.81. The van der Waals surface area contributed by atoms with Crippen LogP contribution in [0, 0.1) is 5.41 Å². The summed E-state index contributed by atoms with van der Waals surface area (Å²) in [5.41, 5.74) is 0.362. The van der Waals surface area contributed by atoms with Crippen LogP contribution in [0.25, 0.3) is 0 Å². The largest absolute Gasteiger partial charge is 0.381 e. The van der Waals surface area contributed by atoms with Gasteiger partial charge in [0, 0.05) is 25.1 Å². The summed E-state index contributed by atoms with van der Waals surface area (Å²) in [6, 6.07) is 0. The van der Waals surface area contributed by atoms with E-state index >= 15 is 0 Å². The fourth-order valence-corrected chi connectivity index (χ4v) is 2.27. The molecule has 0 radical (unpaired) electrons. The molecule has 1 unspecified atom stereocenters. The van der Waals surface area contributed by atoms with Crippen molar-refractivity contribution in [2.45, 2.75) is 20.3 Å². The molecular weight excluding hydrogens is 176 g/mol. The molecule has 1 atom stereocenters. The lowest BCUT2D eigenvalue weighted by molar-refractivity contribution is 0.114. The molecule has 1 N–H and O–H groups in total. The second-order valence-corrected chi connectivity index (χ2v) is 4.29. The summed E-state index contributed by atoms with van der Waals surface area (Å²) < 4.78 is 5.54. The van der Waals surface area contributed by atoms with Crippen molar-refractivity contribution in [1.29, 1.82) is 0 Å². The standard InChI is InChI=1S/C11H24N2O/c1-4-13(5-2)9-11(8-12-3)6-7-14-10-11/h12H,4-10H2,1-3H3. The van der Waals surface area contributed by atoms with Crippen molar-refractivity contribution >= 4 is 0 Å². The average molecular weight is 200 g/mol. The molecule has 14 heavy (non-hydrogen) atoms. The quantitative estimate of drug-likeness (QED) is 0.691. The average Bonchev–Trinajstić information content (AvgIpc) is 2.64. The Kier molecular flexibility index (Phi) is 4.85. The van der Waals surface area contributed by atoms with E-state index in [4.69, 9.17) is 4.74 Å². The van der Waals surface area contributed by atoms with Crippen LogP contribution in [0.15, 0.2) is 0 Å². The van der Waals surface area contributed by atoms with Crippen molar-refractivity contribution in [3.05, 3.63) is 0 Å². The molecule has 0 saturated carbocycles. The lowest BCUT2D eigenvalue weighted by atomic mass is 9.86. The van der Waals surface area contributed by atoms with Crippen molar-refractivity contribution in [1.82, 2.24) is 10.2 Å². The van der Waals surface area contributed by atoms with Crippen LogP contribution >= 0.6 is 0 Å². The van der Waals surface area contributed by atoms with Gasteiger partial charge in [-0.2, -0.15) is 0 Å². The molecule has 1 aliphatic rings. The highest BCUT2D eigenvalue weighted by Crippen LogP contribution is 2.28. The monoisotopic (exact) mass is 200 g/mol. The molecule has 1 heterocycles. The van der Waals surface area contributed by atoms with E-state index in [0.29, 0.717) is 5.41 Å². The van der Waals surface area contributed by atoms with E-state index in [1.807, 2.05) is 7.05 Å². The minimum Gasteiger partial charge on any atom is -0.381 e. The van der Waals surface area contributed by atoms with Gasteiger partial charge in [-0.25, -0.2) is 0 Å². The number of rotatable bonds is 6. The molecule has 0 aromatic carbocycles. The molecule has 1 rings (SSSR count). The number of hydrogen-bond acceptors (Lipinski definition) is 3. The van der Waals surface area contributed by atoms with Gasteiger partial charge in [0.2, 0.25) is 0 Å². The van der Waals surface area contributed by atoms with Crippen LogP contribution in [0.2, 0.25) is 0 Å². The number of hydrogen-bond donors (Lipinski definition) is 1. The Morgan fingerprint density at radius 3 is 2.50 bits per heavy atom. The van der Waals surface area contributed by atoms with Gasteiger partial charge < -0.3 is 15.0 Å². The first-order chi connectivity index (χ1) is 6.76. The summed E-state index contributed by atoms with van der Waals surface area (Å²) in [5.74, 6) is 0. The Hall–Kier alpha value is -0.120. The molecule has 3 heteroatoms. The van der Waals surface area contributed by atoms with Crippen molar-refractivity contribution in [2.75, 3.05) is 46.4 Å². The molecule has 1 fully saturated rings. The molecule has 0 spiro atoms. The van der Waals surface area contributed by atoms with Crippen molar-refractivity contribution in [2.24, 2.45) is 5.41 Å². The minimum absolute atomic E-state index is 0.362. The van der Waals surface area contributed by atoms with Crippen LogP contribution in [0.3, 0.4) is 0 Å². The molecule has 0 amide bonds. The fraction of sp³-hybridized carbons (Fsp3) is 1.00. The summed E-state index contributed by atoms with van der Waals surface area (Å²) in [7, 11) is 2.03. The maximum atomic E-state index is 5.54. The molecule has 3 nitrogen and oxygen atoms in total. The highest BCUT2D eigenvalue weighted by Gasteiger charge is 2.35. The fourth-order valence-electron chi connectivity index (χ4n) is 2.27. The summed E-state index contributed by atoms with van der Waals surface area (Å²) in [5, 5.41) is 3.30. The second-order valence-electron chi connectivity index (χ2n) is 4.29. The van der Waals surface area contributed by atoms with Gasteiger partial charge in [0.05, 0.1) is 6.61 Å². The molecular formula is C11H24N2O. The SMILES string of the molecule is CCN(CC)CC1(CNC)CCOC1. The topological polar surface area (TPSA) is 24.5 Å². The van der Waals surface area contributed by atoms with Crippen molar-refractivity contribution in [3.8, 4) is 0 Å². The molecule has 1 saturated heterocycles. The predicted octanol–water partition coefficient (Wildman–Crippen LogP) is 0.954. The van der Waals surface area contributed by atoms with Gasteiger partial charge in [-0.1, -0.05) is 13.8 Å². The first kappa shape index (κ1) is 12.0. The van der Waals surface area contributed by atoms with E-state index in [0.717, 1.165) is 32.8 Å². The lowest BCUT2D eigenvalue weighted by Crippen LogP contribution is -2.44. The van der Waals surface area contributed by atoms with Crippen molar-refractivity contribution in [3.63, 3.8) is 0 Å². The number of ether oxygens (including phenoxy) is 1. The first-order valence-corrected chi connectivity index (χ1v) is 5.71. The van der Waals surface area contributed by atoms with E-state index in [9.17, 15) is 0 Å². The van der Waals surface area contributed by atoms with E-state index in [-0.39, 0.29) is 0 Å². The van der Waals surface area contributed by atoms with Crippen LogP contribution in [-0.2, 0) is 4.74 Å². The Bertz CT molecular complexity index is 151. The van der Waals surface area contributed by atoms with E-state index in [2.05, 4.69) is 24.1 Å². The maximum Gasteiger partial charge on any atom is 0.0547 e. The highest BCUT2D eigenvalue weighted by molar-refractivity contribution is 4.87. The third-order valence-corrected chi connectivity index (χ3v) is 3.19. The minimum atomic E-state index is 0.362. The molecule has 1 aliphatic heterocycles. The summed E-state index contributed by atoms with van der Waals surface area (Å²) >= 11 is 0. The summed E-state index contributed by atoms with van der Waals surface area (Å²) in [6.45, 7) is 10.8. The molecule has 0 aromatic heterocycles. The van der Waals surface area contributed by atoms with Crippen LogP contribution in [-0.4, -0.2) is 51.3 Å². The predicted molar refractivity (Wildman–Crippen MR) is 59.6 cm³/mol. The van der Waals surface area contributed by atoms with Gasteiger partial charge >= 0.3 is 0 Å². The van der Waals surface area contributed by atoms with E-state index in [1.54, 1.807) is 0 Å². The Morgan fingerprint density at radius 2 is 2.07 bits per heavy atom. The zero-order chi connectivity index (χ0) is 10.4. The highest BCUT2D eigenvalue weighted by atomic mass is 16.5. The maximum absolute atomic E-state index is 5.54. The summed E-state index contributed by atoms with van der Waals surface area (Å²) in [6.07, 6.45) is 1.20. The summed E-state index contributed by atoms with van der Waals surface area (Å²) in [4.78, 5) is 2.49. The van der Waals surface area contributed by atoms with Crippen LogP contribution in [0.5, 0.6) is 0 Å². The lowest BCUT2D eigenvalue weighted by Gasteiger charge is -2.33. The van der Waals surface area contributed by atoms with Crippen LogP contribution in [0.4, 0.5) is 0 Å². The molecule has 0 aromatic rings. The van der Waals surface area contributed by atoms with E-state index in [1.165, 1.54) is 13.0 Å². The Balaban J connectivity index is 2.49. The van der Waals surface area contributed by atoms with Gasteiger partial charge in [0.1, 0.15) is 0 Å². The number of nitrogens with zero attached hydrogens (tertiary/aromatic N) is 1. The third kappa shape index (κ3) is 2.94.